The lowest BCUT2D eigenvalue weighted by molar-refractivity contribution is 0.134. The van der Waals surface area contributed by atoms with E-state index in [0.717, 1.165) is 31.2 Å². The highest BCUT2D eigenvalue weighted by Gasteiger charge is 2.23. The molecule has 1 aliphatic carbocycles. The van der Waals surface area contributed by atoms with Crippen LogP contribution >= 0.6 is 0 Å². The lowest BCUT2D eigenvalue weighted by atomic mass is 9.93. The van der Waals surface area contributed by atoms with E-state index < -0.39 is 0 Å². The molecule has 0 unspecified atom stereocenters. The van der Waals surface area contributed by atoms with Gasteiger partial charge in [0.15, 0.2) is 0 Å². The number of urea groups is 1. The van der Waals surface area contributed by atoms with Gasteiger partial charge in [0.1, 0.15) is 6.10 Å². The van der Waals surface area contributed by atoms with Crippen LogP contribution in [0, 0.1) is 0 Å². The van der Waals surface area contributed by atoms with E-state index in [2.05, 4.69) is 44.9 Å². The van der Waals surface area contributed by atoms with Gasteiger partial charge in [-0.3, -0.25) is 4.98 Å². The maximum Gasteiger partial charge on any atom is 0.315 e. The molecule has 0 saturated heterocycles. The van der Waals surface area contributed by atoms with Crippen LogP contribution in [0.5, 0.6) is 5.88 Å². The van der Waals surface area contributed by atoms with Crippen LogP contribution in [0.3, 0.4) is 0 Å². The molecule has 0 bridgehead atoms. The molecule has 2 aromatic carbocycles. The molecule has 1 heterocycles. The molecule has 0 aliphatic heterocycles. The first-order valence-electron chi connectivity index (χ1n) is 9.71. The monoisotopic (exact) mass is 376 g/mol. The van der Waals surface area contributed by atoms with E-state index in [9.17, 15) is 4.79 Å². The molecule has 0 atom stereocenters. The first kappa shape index (κ1) is 18.2. The van der Waals surface area contributed by atoms with Crippen molar-refractivity contribution in [1.82, 2.24) is 20.6 Å². The summed E-state index contributed by atoms with van der Waals surface area (Å²) in [6, 6.07) is 14.4. The fourth-order valence-corrected chi connectivity index (χ4v) is 3.70. The molecule has 1 fully saturated rings. The standard InChI is InChI=1S/C22H24N4O2/c27-22(25-14-17-6-3-5-16-4-1-2-7-20(16)17)26-18-8-10-19(11-9-18)28-21-15-23-12-13-24-21/h1-7,12-13,15,18-19H,8-11,14H2,(H2,25,26,27). The van der Waals surface area contributed by atoms with Gasteiger partial charge in [-0.05, 0) is 42.0 Å². The molecule has 3 aromatic rings. The summed E-state index contributed by atoms with van der Waals surface area (Å²) in [5, 5.41) is 8.43. The Hall–Kier alpha value is -3.15. The second-order valence-corrected chi connectivity index (χ2v) is 7.10. The Morgan fingerprint density at radius 3 is 2.68 bits per heavy atom. The van der Waals surface area contributed by atoms with E-state index in [1.54, 1.807) is 18.6 Å². The second-order valence-electron chi connectivity index (χ2n) is 7.10. The number of ether oxygens (including phenoxy) is 1. The summed E-state index contributed by atoms with van der Waals surface area (Å²) in [5.74, 6) is 0.562. The number of rotatable bonds is 5. The average Bonchev–Trinajstić information content (AvgIpc) is 2.74. The molecule has 6 heteroatoms. The molecular formula is C22H24N4O2. The number of carbonyl (C=O) groups excluding carboxylic acids is 1. The molecule has 1 aliphatic rings. The summed E-state index contributed by atoms with van der Waals surface area (Å²) in [6.45, 7) is 0.512. The normalized spacial score (nSPS) is 19.1. The highest BCUT2D eigenvalue weighted by molar-refractivity contribution is 5.86. The molecule has 2 N–H and O–H groups in total. The predicted octanol–water partition coefficient (Wildman–Crippen LogP) is 3.82. The third-order valence-electron chi connectivity index (χ3n) is 5.16. The highest BCUT2D eigenvalue weighted by atomic mass is 16.5. The van der Waals surface area contributed by atoms with E-state index in [1.165, 1.54) is 10.8 Å². The number of amides is 2. The first-order valence-corrected chi connectivity index (χ1v) is 9.71. The van der Waals surface area contributed by atoms with Crippen LogP contribution in [-0.2, 0) is 6.54 Å². The lowest BCUT2D eigenvalue weighted by Crippen LogP contribution is -2.44. The van der Waals surface area contributed by atoms with Gasteiger partial charge in [0.05, 0.1) is 6.20 Å². The molecule has 28 heavy (non-hydrogen) atoms. The van der Waals surface area contributed by atoms with Crippen molar-refractivity contribution in [3.8, 4) is 5.88 Å². The zero-order valence-corrected chi connectivity index (χ0v) is 15.7. The topological polar surface area (TPSA) is 76.1 Å². The molecule has 0 radical (unpaired) electrons. The van der Waals surface area contributed by atoms with Gasteiger partial charge >= 0.3 is 6.03 Å². The van der Waals surface area contributed by atoms with Gasteiger partial charge < -0.3 is 15.4 Å². The van der Waals surface area contributed by atoms with E-state index in [0.29, 0.717) is 12.4 Å². The van der Waals surface area contributed by atoms with Crippen molar-refractivity contribution in [1.29, 1.82) is 0 Å². The Balaban J connectivity index is 1.24. The van der Waals surface area contributed by atoms with E-state index in [1.807, 2.05) is 18.2 Å². The summed E-state index contributed by atoms with van der Waals surface area (Å²) < 4.78 is 5.85. The molecule has 4 rings (SSSR count). The summed E-state index contributed by atoms with van der Waals surface area (Å²) in [5.41, 5.74) is 1.12. The van der Waals surface area contributed by atoms with Crippen LogP contribution in [0.15, 0.2) is 61.1 Å². The summed E-state index contributed by atoms with van der Waals surface area (Å²) in [4.78, 5) is 20.5. The third kappa shape index (κ3) is 4.57. The van der Waals surface area contributed by atoms with Crippen LogP contribution in [0.4, 0.5) is 4.79 Å². The number of benzene rings is 2. The SMILES string of the molecule is O=C(NCc1cccc2ccccc12)NC1CCC(Oc2cnccn2)CC1. The van der Waals surface area contributed by atoms with E-state index in [4.69, 9.17) is 4.74 Å². The van der Waals surface area contributed by atoms with Gasteiger partial charge in [-0.1, -0.05) is 42.5 Å². The number of hydrogen-bond donors (Lipinski definition) is 2. The van der Waals surface area contributed by atoms with Gasteiger partial charge in [-0.15, -0.1) is 0 Å². The van der Waals surface area contributed by atoms with Crippen molar-refractivity contribution in [2.75, 3.05) is 0 Å². The summed E-state index contributed by atoms with van der Waals surface area (Å²) in [6.07, 6.45) is 8.60. The maximum atomic E-state index is 12.3. The fraction of sp³-hybridized carbons (Fsp3) is 0.318. The fourth-order valence-electron chi connectivity index (χ4n) is 3.70. The first-order chi connectivity index (χ1) is 13.8. The minimum Gasteiger partial charge on any atom is -0.473 e. The number of fused-ring (bicyclic) bond motifs is 1. The van der Waals surface area contributed by atoms with Gasteiger partial charge in [0.2, 0.25) is 5.88 Å². The van der Waals surface area contributed by atoms with Crippen LogP contribution in [0.2, 0.25) is 0 Å². The molecule has 2 amide bonds. The van der Waals surface area contributed by atoms with Gasteiger partial charge in [0.25, 0.3) is 0 Å². The zero-order chi connectivity index (χ0) is 19.2. The van der Waals surface area contributed by atoms with Crippen molar-refractivity contribution in [3.05, 3.63) is 66.6 Å². The Kier molecular flexibility index (Phi) is 5.66. The quantitative estimate of drug-likeness (QED) is 0.710. The van der Waals surface area contributed by atoms with Crippen molar-refractivity contribution in [2.24, 2.45) is 0 Å². The van der Waals surface area contributed by atoms with Crippen molar-refractivity contribution in [2.45, 2.75) is 44.4 Å². The van der Waals surface area contributed by atoms with Crippen molar-refractivity contribution >= 4 is 16.8 Å². The predicted molar refractivity (Wildman–Crippen MR) is 108 cm³/mol. The van der Waals surface area contributed by atoms with Crippen LogP contribution in [0.25, 0.3) is 10.8 Å². The third-order valence-corrected chi connectivity index (χ3v) is 5.16. The van der Waals surface area contributed by atoms with Gasteiger partial charge in [0, 0.05) is 25.0 Å². The largest absolute Gasteiger partial charge is 0.473 e. The minimum absolute atomic E-state index is 0.119. The molecule has 6 nitrogen and oxygen atoms in total. The zero-order valence-electron chi connectivity index (χ0n) is 15.7. The Labute approximate surface area is 164 Å². The average molecular weight is 376 g/mol. The lowest BCUT2D eigenvalue weighted by Gasteiger charge is -2.29. The Bertz CT molecular complexity index is 919. The molecule has 1 saturated carbocycles. The number of hydrogen-bond acceptors (Lipinski definition) is 4. The molecule has 1 aromatic heterocycles. The highest BCUT2D eigenvalue weighted by Crippen LogP contribution is 2.22. The second kappa shape index (κ2) is 8.69. The van der Waals surface area contributed by atoms with E-state index >= 15 is 0 Å². The van der Waals surface area contributed by atoms with Crippen molar-refractivity contribution < 1.29 is 9.53 Å². The molecular weight excluding hydrogens is 352 g/mol. The summed E-state index contributed by atoms with van der Waals surface area (Å²) in [7, 11) is 0. The van der Waals surface area contributed by atoms with Crippen molar-refractivity contribution in [3.63, 3.8) is 0 Å². The minimum atomic E-state index is -0.119. The van der Waals surface area contributed by atoms with Crippen LogP contribution in [-0.4, -0.2) is 28.1 Å². The maximum absolute atomic E-state index is 12.3. The smallest absolute Gasteiger partial charge is 0.315 e. The molecule has 144 valence electrons. The van der Waals surface area contributed by atoms with Gasteiger partial charge in [-0.25, -0.2) is 9.78 Å². The van der Waals surface area contributed by atoms with Crippen LogP contribution < -0.4 is 15.4 Å². The molecule has 0 spiro atoms. The summed E-state index contributed by atoms with van der Waals surface area (Å²) >= 11 is 0. The number of nitrogens with zero attached hydrogens (tertiary/aromatic N) is 2. The number of nitrogens with one attached hydrogen (secondary N) is 2. The van der Waals surface area contributed by atoms with Gasteiger partial charge in [-0.2, -0.15) is 0 Å². The van der Waals surface area contributed by atoms with Crippen LogP contribution in [0.1, 0.15) is 31.2 Å². The Morgan fingerprint density at radius 2 is 1.86 bits per heavy atom. The van der Waals surface area contributed by atoms with E-state index in [-0.39, 0.29) is 18.2 Å². The number of aromatic nitrogens is 2. The Morgan fingerprint density at radius 1 is 1.04 bits per heavy atom. The number of carbonyl (C=O) groups is 1.